The van der Waals surface area contributed by atoms with E-state index in [1.807, 2.05) is 24.3 Å². The number of pyridine rings is 1. The van der Waals surface area contributed by atoms with Crippen molar-refractivity contribution in [3.63, 3.8) is 0 Å². The van der Waals surface area contributed by atoms with Gasteiger partial charge in [-0.2, -0.15) is 0 Å². The Morgan fingerprint density at radius 3 is 3.00 bits per heavy atom. The molecule has 4 heteroatoms. The van der Waals surface area contributed by atoms with Gasteiger partial charge in [0.2, 0.25) is 0 Å². The third-order valence-corrected chi connectivity index (χ3v) is 2.51. The molecule has 0 aliphatic carbocycles. The highest BCUT2D eigenvalue weighted by Gasteiger charge is 2.01. The van der Waals surface area contributed by atoms with Gasteiger partial charge in [-0.25, -0.2) is 4.98 Å². The number of rotatable bonds is 2. The van der Waals surface area contributed by atoms with Crippen LogP contribution in [0.15, 0.2) is 30.5 Å². The maximum Gasteiger partial charge on any atom is 0.149 e. The first-order valence-electron chi connectivity index (χ1n) is 5.05. The largest absolute Gasteiger partial charge is 0.481 e. The molecular weight excluding hydrogens is 238 g/mol. The van der Waals surface area contributed by atoms with E-state index in [2.05, 4.69) is 16.8 Å². The Hall–Kier alpha value is -1.76. The highest BCUT2D eigenvalue weighted by atomic mass is 35.5. The molecule has 1 heterocycles. The molecule has 0 radical (unpaired) electrons. The van der Waals surface area contributed by atoms with Gasteiger partial charge in [0.1, 0.15) is 24.1 Å². The highest BCUT2D eigenvalue weighted by molar-refractivity contribution is 6.34. The predicted molar refractivity (Wildman–Crippen MR) is 67.1 cm³/mol. The summed E-state index contributed by atoms with van der Waals surface area (Å²) in [5.74, 6) is 5.86. The Balaban J connectivity index is 2.22. The Morgan fingerprint density at radius 1 is 1.29 bits per heavy atom. The normalized spacial score (nSPS) is 9.76. The molecule has 0 aliphatic heterocycles. The molecule has 0 amide bonds. The number of nitrogens with zero attached hydrogens (tertiary/aromatic N) is 1. The molecule has 0 saturated carbocycles. The Morgan fingerprint density at radius 2 is 2.18 bits per heavy atom. The third-order valence-electron chi connectivity index (χ3n) is 2.20. The standard InChI is InChI=1S/C13H10ClNO2/c14-13-12-9-11(17-8-2-1-7-16)4-3-10(12)5-6-15-13/h3-6,9,16H,7-8H2. The van der Waals surface area contributed by atoms with Gasteiger partial charge < -0.3 is 9.84 Å². The van der Waals surface area contributed by atoms with E-state index in [1.165, 1.54) is 0 Å². The second-order valence-corrected chi connectivity index (χ2v) is 3.64. The Kier molecular flexibility index (Phi) is 3.81. The van der Waals surface area contributed by atoms with Gasteiger partial charge in [0.15, 0.2) is 0 Å². The van der Waals surface area contributed by atoms with E-state index in [0.29, 0.717) is 10.9 Å². The number of hydrogen-bond acceptors (Lipinski definition) is 3. The van der Waals surface area contributed by atoms with Crippen LogP contribution in [0.3, 0.4) is 0 Å². The summed E-state index contributed by atoms with van der Waals surface area (Å²) in [5, 5.41) is 10.8. The molecule has 0 spiro atoms. The van der Waals surface area contributed by atoms with Crippen molar-refractivity contribution in [3.8, 4) is 17.6 Å². The molecule has 1 aromatic carbocycles. The number of hydrogen-bond donors (Lipinski definition) is 1. The lowest BCUT2D eigenvalue weighted by Crippen LogP contribution is -1.94. The molecule has 0 fully saturated rings. The number of ether oxygens (including phenoxy) is 1. The summed E-state index contributed by atoms with van der Waals surface area (Å²) in [6.45, 7) is 0.0841. The van der Waals surface area contributed by atoms with Gasteiger partial charge in [-0.05, 0) is 23.6 Å². The predicted octanol–water partition coefficient (Wildman–Crippen LogP) is 2.26. The molecule has 0 unspecified atom stereocenters. The van der Waals surface area contributed by atoms with Crippen molar-refractivity contribution in [2.24, 2.45) is 0 Å². The number of aromatic nitrogens is 1. The monoisotopic (exact) mass is 247 g/mol. The zero-order chi connectivity index (χ0) is 12.1. The van der Waals surface area contributed by atoms with Gasteiger partial charge in [0.05, 0.1) is 0 Å². The van der Waals surface area contributed by atoms with E-state index >= 15 is 0 Å². The van der Waals surface area contributed by atoms with Crippen LogP contribution in [0.4, 0.5) is 0 Å². The number of fused-ring (bicyclic) bond motifs is 1. The van der Waals surface area contributed by atoms with Crippen LogP contribution >= 0.6 is 11.6 Å². The number of halogens is 1. The van der Waals surface area contributed by atoms with Crippen LogP contribution in [0.5, 0.6) is 5.75 Å². The quantitative estimate of drug-likeness (QED) is 0.654. The molecule has 86 valence electrons. The molecule has 0 saturated heterocycles. The van der Waals surface area contributed by atoms with Crippen LogP contribution in [0.2, 0.25) is 5.15 Å². The zero-order valence-corrected chi connectivity index (χ0v) is 9.74. The van der Waals surface area contributed by atoms with Crippen molar-refractivity contribution in [2.45, 2.75) is 0 Å². The molecule has 1 N–H and O–H groups in total. The van der Waals surface area contributed by atoms with Crippen LogP contribution in [0.25, 0.3) is 10.8 Å². The van der Waals surface area contributed by atoms with E-state index in [9.17, 15) is 0 Å². The minimum Gasteiger partial charge on any atom is -0.481 e. The fourth-order valence-electron chi connectivity index (χ4n) is 1.43. The van der Waals surface area contributed by atoms with E-state index in [-0.39, 0.29) is 13.2 Å². The lowest BCUT2D eigenvalue weighted by atomic mass is 10.2. The molecule has 0 bridgehead atoms. The number of aliphatic hydroxyl groups excluding tert-OH is 1. The van der Waals surface area contributed by atoms with Gasteiger partial charge in [0, 0.05) is 11.6 Å². The molecule has 1 aromatic heterocycles. The van der Waals surface area contributed by atoms with Crippen LogP contribution in [0, 0.1) is 11.8 Å². The van der Waals surface area contributed by atoms with Crippen LogP contribution < -0.4 is 4.74 Å². The average Bonchev–Trinajstić information content (AvgIpc) is 2.36. The van der Waals surface area contributed by atoms with Gasteiger partial charge in [-0.3, -0.25) is 0 Å². The third kappa shape index (κ3) is 2.88. The molecule has 2 rings (SSSR count). The fourth-order valence-corrected chi connectivity index (χ4v) is 1.65. The van der Waals surface area contributed by atoms with Gasteiger partial charge in [0.25, 0.3) is 0 Å². The maximum absolute atomic E-state index is 8.49. The first kappa shape index (κ1) is 11.7. The average molecular weight is 248 g/mol. The lowest BCUT2D eigenvalue weighted by molar-refractivity contribution is 0.347. The fraction of sp³-hybridized carbons (Fsp3) is 0.154. The molecule has 0 atom stereocenters. The molecule has 3 nitrogen and oxygen atoms in total. The summed E-state index contributed by atoms with van der Waals surface area (Å²) >= 11 is 5.99. The zero-order valence-electron chi connectivity index (χ0n) is 8.98. The molecule has 0 aliphatic rings. The van der Waals surface area contributed by atoms with E-state index < -0.39 is 0 Å². The van der Waals surface area contributed by atoms with Crippen LogP contribution in [0.1, 0.15) is 0 Å². The van der Waals surface area contributed by atoms with E-state index in [0.717, 1.165) is 10.8 Å². The summed E-state index contributed by atoms with van der Waals surface area (Å²) in [7, 11) is 0. The topological polar surface area (TPSA) is 42.4 Å². The smallest absolute Gasteiger partial charge is 0.149 e. The molecule has 17 heavy (non-hydrogen) atoms. The van der Waals surface area contributed by atoms with E-state index in [1.54, 1.807) is 6.20 Å². The summed E-state index contributed by atoms with van der Waals surface area (Å²) in [4.78, 5) is 4.01. The van der Waals surface area contributed by atoms with Crippen LogP contribution in [-0.4, -0.2) is 23.3 Å². The number of aliphatic hydroxyl groups is 1. The summed E-state index contributed by atoms with van der Waals surface area (Å²) < 4.78 is 5.40. The van der Waals surface area contributed by atoms with Crippen LogP contribution in [-0.2, 0) is 0 Å². The van der Waals surface area contributed by atoms with Gasteiger partial charge in [-0.1, -0.05) is 29.5 Å². The highest BCUT2D eigenvalue weighted by Crippen LogP contribution is 2.25. The van der Waals surface area contributed by atoms with Crippen molar-refractivity contribution < 1.29 is 9.84 Å². The van der Waals surface area contributed by atoms with Gasteiger partial charge in [-0.15, -0.1) is 0 Å². The molecule has 2 aromatic rings. The minimum absolute atomic E-state index is 0.156. The van der Waals surface area contributed by atoms with Crippen molar-refractivity contribution in [1.82, 2.24) is 4.98 Å². The number of benzene rings is 1. The summed E-state index contributed by atoms with van der Waals surface area (Å²) in [6, 6.07) is 7.47. The lowest BCUT2D eigenvalue weighted by Gasteiger charge is -2.04. The maximum atomic E-state index is 8.49. The van der Waals surface area contributed by atoms with E-state index in [4.69, 9.17) is 21.4 Å². The van der Waals surface area contributed by atoms with Crippen molar-refractivity contribution in [3.05, 3.63) is 35.6 Å². The summed E-state index contributed by atoms with van der Waals surface area (Å²) in [6.07, 6.45) is 1.66. The SMILES string of the molecule is OCC#CCOc1ccc2ccnc(Cl)c2c1. The second kappa shape index (κ2) is 5.53. The van der Waals surface area contributed by atoms with Gasteiger partial charge >= 0.3 is 0 Å². The first-order valence-corrected chi connectivity index (χ1v) is 5.42. The molecular formula is C13H10ClNO2. The van der Waals surface area contributed by atoms with Crippen molar-refractivity contribution >= 4 is 22.4 Å². The Bertz CT molecular complexity index is 587. The second-order valence-electron chi connectivity index (χ2n) is 3.29. The van der Waals surface area contributed by atoms with Crippen molar-refractivity contribution in [1.29, 1.82) is 0 Å². The summed E-state index contributed by atoms with van der Waals surface area (Å²) in [5.41, 5.74) is 0. The van der Waals surface area contributed by atoms with Crippen molar-refractivity contribution in [2.75, 3.05) is 13.2 Å². The Labute approximate surface area is 104 Å². The minimum atomic E-state index is -0.156. The first-order chi connectivity index (χ1) is 8.31.